The first kappa shape index (κ1) is 15.2. The molecule has 0 aliphatic heterocycles. The molecule has 1 aromatic heterocycles. The molecule has 5 heteroatoms. The lowest BCUT2D eigenvalue weighted by Gasteiger charge is -2.25. The third-order valence-electron chi connectivity index (χ3n) is 3.58. The normalized spacial score (nSPS) is 22.5. The standard InChI is InChI=1S/C15H22N2O2S/c1-3-19-15(18)12-8-14(17-9-13(12)16)20-11-6-4-5-10(2)7-11/h8-11H,3-7,16H2,1-2H3. The number of hydrogen-bond donors (Lipinski definition) is 1. The molecule has 1 saturated carbocycles. The van der Waals surface area contributed by atoms with Crippen molar-refractivity contribution in [3.63, 3.8) is 0 Å². The molecular weight excluding hydrogens is 272 g/mol. The number of aromatic nitrogens is 1. The molecule has 1 aliphatic carbocycles. The molecule has 2 N–H and O–H groups in total. The van der Waals surface area contributed by atoms with Gasteiger partial charge in [-0.05, 0) is 31.7 Å². The Bertz CT molecular complexity index is 479. The zero-order valence-electron chi connectivity index (χ0n) is 12.1. The van der Waals surface area contributed by atoms with Crippen molar-refractivity contribution in [2.75, 3.05) is 12.3 Å². The smallest absolute Gasteiger partial charge is 0.340 e. The maximum absolute atomic E-state index is 11.8. The molecule has 2 unspecified atom stereocenters. The van der Waals surface area contributed by atoms with E-state index in [2.05, 4.69) is 11.9 Å². The van der Waals surface area contributed by atoms with Gasteiger partial charge in [0.05, 0.1) is 29.1 Å². The molecule has 0 radical (unpaired) electrons. The second-order valence-corrected chi connectivity index (χ2v) is 6.66. The number of thioether (sulfide) groups is 1. The molecule has 20 heavy (non-hydrogen) atoms. The summed E-state index contributed by atoms with van der Waals surface area (Å²) in [5.41, 5.74) is 6.61. The van der Waals surface area contributed by atoms with Gasteiger partial charge in [-0.2, -0.15) is 0 Å². The Morgan fingerprint density at radius 3 is 3.05 bits per heavy atom. The molecule has 2 rings (SSSR count). The topological polar surface area (TPSA) is 65.2 Å². The summed E-state index contributed by atoms with van der Waals surface area (Å²) < 4.78 is 5.01. The molecule has 0 bridgehead atoms. The Hall–Kier alpha value is -1.23. The number of rotatable bonds is 4. The summed E-state index contributed by atoms with van der Waals surface area (Å²) in [4.78, 5) is 16.2. The molecule has 0 spiro atoms. The van der Waals surface area contributed by atoms with E-state index in [1.807, 2.05) is 0 Å². The molecule has 0 saturated heterocycles. The van der Waals surface area contributed by atoms with Crippen LogP contribution in [0.2, 0.25) is 0 Å². The largest absolute Gasteiger partial charge is 0.462 e. The number of nitrogens with two attached hydrogens (primary N) is 1. The van der Waals surface area contributed by atoms with Crippen molar-refractivity contribution >= 4 is 23.4 Å². The van der Waals surface area contributed by atoms with E-state index >= 15 is 0 Å². The van der Waals surface area contributed by atoms with Gasteiger partial charge in [0.25, 0.3) is 0 Å². The van der Waals surface area contributed by atoms with Gasteiger partial charge in [0, 0.05) is 5.25 Å². The minimum atomic E-state index is -0.369. The lowest BCUT2D eigenvalue weighted by Crippen LogP contribution is -2.15. The molecule has 0 amide bonds. The average molecular weight is 294 g/mol. The maximum atomic E-state index is 11.8. The van der Waals surface area contributed by atoms with E-state index in [0.717, 1.165) is 10.9 Å². The number of anilines is 1. The highest BCUT2D eigenvalue weighted by atomic mass is 32.2. The van der Waals surface area contributed by atoms with Gasteiger partial charge in [-0.1, -0.05) is 19.8 Å². The minimum absolute atomic E-state index is 0.350. The Balaban J connectivity index is 2.08. The van der Waals surface area contributed by atoms with E-state index in [4.69, 9.17) is 10.5 Å². The zero-order chi connectivity index (χ0) is 14.5. The van der Waals surface area contributed by atoms with Crippen LogP contribution in [-0.4, -0.2) is 22.8 Å². The van der Waals surface area contributed by atoms with E-state index in [0.29, 0.717) is 23.1 Å². The summed E-state index contributed by atoms with van der Waals surface area (Å²) in [5.74, 6) is 0.408. The first-order chi connectivity index (χ1) is 9.60. The van der Waals surface area contributed by atoms with Crippen LogP contribution < -0.4 is 5.73 Å². The van der Waals surface area contributed by atoms with E-state index in [1.165, 1.54) is 25.7 Å². The summed E-state index contributed by atoms with van der Waals surface area (Å²) in [6.45, 7) is 4.44. The van der Waals surface area contributed by atoms with E-state index in [1.54, 1.807) is 30.9 Å². The third kappa shape index (κ3) is 3.88. The Morgan fingerprint density at radius 2 is 2.35 bits per heavy atom. The van der Waals surface area contributed by atoms with E-state index in [9.17, 15) is 4.79 Å². The zero-order valence-corrected chi connectivity index (χ0v) is 12.9. The van der Waals surface area contributed by atoms with Crippen molar-refractivity contribution < 1.29 is 9.53 Å². The molecule has 1 aliphatic rings. The highest BCUT2D eigenvalue weighted by molar-refractivity contribution is 7.99. The molecule has 2 atom stereocenters. The fraction of sp³-hybridized carbons (Fsp3) is 0.600. The SMILES string of the molecule is CCOC(=O)c1cc(SC2CCCC(C)C2)ncc1N. The maximum Gasteiger partial charge on any atom is 0.340 e. The first-order valence-electron chi connectivity index (χ1n) is 7.19. The number of carbonyl (C=O) groups excluding carboxylic acids is 1. The predicted molar refractivity (Wildman–Crippen MR) is 81.9 cm³/mol. The van der Waals surface area contributed by atoms with Gasteiger partial charge < -0.3 is 10.5 Å². The summed E-state index contributed by atoms with van der Waals surface area (Å²) in [7, 11) is 0. The molecule has 1 aromatic rings. The van der Waals surface area contributed by atoms with Crippen LogP contribution >= 0.6 is 11.8 Å². The van der Waals surface area contributed by atoms with Crippen LogP contribution in [0.25, 0.3) is 0 Å². The molecule has 4 nitrogen and oxygen atoms in total. The number of nitrogens with zero attached hydrogens (tertiary/aromatic N) is 1. The van der Waals surface area contributed by atoms with Crippen molar-refractivity contribution in [1.29, 1.82) is 0 Å². The van der Waals surface area contributed by atoms with Gasteiger partial charge in [-0.3, -0.25) is 0 Å². The lowest BCUT2D eigenvalue weighted by molar-refractivity contribution is 0.0527. The summed E-state index contributed by atoms with van der Waals surface area (Å²) in [6, 6.07) is 1.76. The number of ether oxygens (including phenoxy) is 1. The number of nitrogen functional groups attached to an aromatic ring is 1. The number of carbonyl (C=O) groups is 1. The summed E-state index contributed by atoms with van der Waals surface area (Å²) in [6.07, 6.45) is 6.58. The molecule has 110 valence electrons. The van der Waals surface area contributed by atoms with Crippen LogP contribution in [0.5, 0.6) is 0 Å². The van der Waals surface area contributed by atoms with Crippen molar-refractivity contribution in [1.82, 2.24) is 4.98 Å². The van der Waals surface area contributed by atoms with Crippen LogP contribution in [0.15, 0.2) is 17.3 Å². The average Bonchev–Trinajstić information content (AvgIpc) is 2.41. The van der Waals surface area contributed by atoms with Crippen molar-refractivity contribution in [3.8, 4) is 0 Å². The highest BCUT2D eigenvalue weighted by Crippen LogP contribution is 2.35. The number of esters is 1. The molecule has 0 aromatic carbocycles. The minimum Gasteiger partial charge on any atom is -0.462 e. The second kappa shape index (κ2) is 6.97. The fourth-order valence-electron chi connectivity index (χ4n) is 2.55. The Morgan fingerprint density at radius 1 is 1.55 bits per heavy atom. The Kier molecular flexibility index (Phi) is 5.29. The van der Waals surface area contributed by atoms with Gasteiger partial charge in [0.1, 0.15) is 0 Å². The van der Waals surface area contributed by atoms with Gasteiger partial charge in [-0.15, -0.1) is 11.8 Å². The monoisotopic (exact) mass is 294 g/mol. The Labute approximate surface area is 124 Å². The second-order valence-electron chi connectivity index (χ2n) is 5.34. The summed E-state index contributed by atoms with van der Waals surface area (Å²) in [5, 5.41) is 1.45. The third-order valence-corrected chi connectivity index (χ3v) is 4.81. The van der Waals surface area contributed by atoms with Gasteiger partial charge in [-0.25, -0.2) is 9.78 Å². The lowest BCUT2D eigenvalue weighted by atomic mass is 9.91. The van der Waals surface area contributed by atoms with Crippen LogP contribution in [0.1, 0.15) is 49.9 Å². The van der Waals surface area contributed by atoms with E-state index < -0.39 is 0 Å². The quantitative estimate of drug-likeness (QED) is 0.861. The first-order valence-corrected chi connectivity index (χ1v) is 8.07. The number of pyridine rings is 1. The molecular formula is C15H22N2O2S. The fourth-order valence-corrected chi connectivity index (χ4v) is 3.90. The molecule has 1 heterocycles. The van der Waals surface area contributed by atoms with Crippen LogP contribution in [0.4, 0.5) is 5.69 Å². The van der Waals surface area contributed by atoms with Crippen LogP contribution in [-0.2, 0) is 4.74 Å². The van der Waals surface area contributed by atoms with Crippen LogP contribution in [0, 0.1) is 5.92 Å². The van der Waals surface area contributed by atoms with Crippen LogP contribution in [0.3, 0.4) is 0 Å². The van der Waals surface area contributed by atoms with E-state index in [-0.39, 0.29) is 5.97 Å². The summed E-state index contributed by atoms with van der Waals surface area (Å²) >= 11 is 1.75. The van der Waals surface area contributed by atoms with Gasteiger partial charge in [0.15, 0.2) is 0 Å². The van der Waals surface area contributed by atoms with Gasteiger partial charge >= 0.3 is 5.97 Å². The highest BCUT2D eigenvalue weighted by Gasteiger charge is 2.21. The van der Waals surface area contributed by atoms with Crippen molar-refractivity contribution in [3.05, 3.63) is 17.8 Å². The number of hydrogen-bond acceptors (Lipinski definition) is 5. The van der Waals surface area contributed by atoms with Crippen molar-refractivity contribution in [2.45, 2.75) is 49.8 Å². The predicted octanol–water partition coefficient (Wildman–Crippen LogP) is 3.51. The molecule has 1 fully saturated rings. The van der Waals surface area contributed by atoms with Gasteiger partial charge in [0.2, 0.25) is 0 Å². The van der Waals surface area contributed by atoms with Crippen molar-refractivity contribution in [2.24, 2.45) is 5.92 Å².